The number of aromatic nitrogens is 1. The minimum absolute atomic E-state index is 0.0869. The molecule has 0 N–H and O–H groups in total. The quantitative estimate of drug-likeness (QED) is 0.341. The molecule has 3 rings (SSSR count). The van der Waals surface area contributed by atoms with Gasteiger partial charge in [0.2, 0.25) is 0 Å². The number of halogens is 1. The van der Waals surface area contributed by atoms with Gasteiger partial charge < -0.3 is 14.0 Å². The van der Waals surface area contributed by atoms with Gasteiger partial charge in [-0.1, -0.05) is 41.9 Å². The van der Waals surface area contributed by atoms with Crippen molar-refractivity contribution in [3.63, 3.8) is 0 Å². The van der Waals surface area contributed by atoms with Crippen LogP contribution in [-0.4, -0.2) is 24.3 Å². The second kappa shape index (κ2) is 8.64. The molecular weight excluding hydrogens is 376 g/mol. The number of para-hydroxylation sites is 1. The van der Waals surface area contributed by atoms with Crippen LogP contribution in [-0.2, 0) is 16.1 Å². The van der Waals surface area contributed by atoms with Crippen molar-refractivity contribution in [3.8, 4) is 11.8 Å². The van der Waals surface area contributed by atoms with Crippen LogP contribution in [0.3, 0.4) is 0 Å². The van der Waals surface area contributed by atoms with Crippen LogP contribution >= 0.6 is 11.6 Å². The van der Waals surface area contributed by atoms with Crippen LogP contribution in [0.5, 0.6) is 5.75 Å². The highest BCUT2D eigenvalue weighted by atomic mass is 35.5. The van der Waals surface area contributed by atoms with E-state index in [0.29, 0.717) is 17.3 Å². The molecule has 0 radical (unpaired) electrons. The zero-order valence-electron chi connectivity index (χ0n) is 15.6. The number of hydrogen-bond acceptors (Lipinski definition) is 4. The standard InChI is InChI=1S/C22H19ClN2O3/c1-3-28-22(26)16(13-24)12-19-18-6-4-5-7-20(18)25(21(19)23)14-15-8-10-17(27-2)11-9-15/h4-12H,3,14H2,1-2H3/b16-12-. The Morgan fingerprint density at radius 1 is 1.21 bits per heavy atom. The average Bonchev–Trinajstić information content (AvgIpc) is 2.98. The van der Waals surface area contributed by atoms with E-state index in [1.165, 1.54) is 6.08 Å². The summed E-state index contributed by atoms with van der Waals surface area (Å²) in [6, 6.07) is 17.3. The Morgan fingerprint density at radius 3 is 2.57 bits per heavy atom. The molecule has 0 atom stereocenters. The van der Waals surface area contributed by atoms with E-state index >= 15 is 0 Å². The second-order valence-corrected chi connectivity index (χ2v) is 6.40. The maximum Gasteiger partial charge on any atom is 0.348 e. The number of nitrogens with zero attached hydrogens (tertiary/aromatic N) is 2. The summed E-state index contributed by atoms with van der Waals surface area (Å²) in [5, 5.41) is 10.7. The fraction of sp³-hybridized carbons (Fsp3) is 0.182. The van der Waals surface area contributed by atoms with Crippen LogP contribution in [0, 0.1) is 11.3 Å². The van der Waals surface area contributed by atoms with E-state index in [0.717, 1.165) is 22.2 Å². The van der Waals surface area contributed by atoms with Crippen molar-refractivity contribution >= 4 is 34.5 Å². The minimum Gasteiger partial charge on any atom is -0.497 e. The van der Waals surface area contributed by atoms with Crippen LogP contribution in [0.2, 0.25) is 5.15 Å². The molecule has 0 fully saturated rings. The molecule has 1 heterocycles. The Bertz CT molecular complexity index is 1080. The molecule has 0 amide bonds. The van der Waals surface area contributed by atoms with E-state index in [9.17, 15) is 10.1 Å². The van der Waals surface area contributed by atoms with Crippen LogP contribution in [0.15, 0.2) is 54.1 Å². The van der Waals surface area contributed by atoms with E-state index in [1.807, 2.05) is 59.2 Å². The van der Waals surface area contributed by atoms with Gasteiger partial charge in [0.25, 0.3) is 0 Å². The number of methoxy groups -OCH3 is 1. The first-order valence-corrected chi connectivity index (χ1v) is 9.15. The number of hydrogen-bond donors (Lipinski definition) is 0. The highest BCUT2D eigenvalue weighted by molar-refractivity contribution is 6.33. The third-order valence-corrected chi connectivity index (χ3v) is 4.76. The molecule has 0 aliphatic rings. The first-order valence-electron chi connectivity index (χ1n) is 8.77. The molecule has 0 unspecified atom stereocenters. The van der Waals surface area contributed by atoms with Gasteiger partial charge in [0.1, 0.15) is 22.5 Å². The Balaban J connectivity index is 2.09. The number of esters is 1. The van der Waals surface area contributed by atoms with Gasteiger partial charge in [0.15, 0.2) is 0 Å². The van der Waals surface area contributed by atoms with Crippen molar-refractivity contribution in [3.05, 3.63) is 70.4 Å². The maximum absolute atomic E-state index is 12.0. The van der Waals surface area contributed by atoms with E-state index in [2.05, 4.69) is 0 Å². The van der Waals surface area contributed by atoms with Crippen LogP contribution in [0.1, 0.15) is 18.1 Å². The number of nitriles is 1. The number of carbonyl (C=O) groups is 1. The lowest BCUT2D eigenvalue weighted by Gasteiger charge is -2.08. The summed E-state index contributed by atoms with van der Waals surface area (Å²) in [6.07, 6.45) is 1.49. The minimum atomic E-state index is -0.659. The van der Waals surface area contributed by atoms with E-state index < -0.39 is 5.97 Å². The predicted octanol–water partition coefficient (Wildman–Crippen LogP) is 4.82. The zero-order chi connectivity index (χ0) is 20.1. The van der Waals surface area contributed by atoms with Crippen molar-refractivity contribution in [2.75, 3.05) is 13.7 Å². The maximum atomic E-state index is 12.0. The molecule has 0 bridgehead atoms. The first kappa shape index (κ1) is 19.5. The van der Waals surface area contributed by atoms with Gasteiger partial charge in [0.05, 0.1) is 19.2 Å². The molecule has 142 valence electrons. The summed E-state index contributed by atoms with van der Waals surface area (Å²) in [7, 11) is 1.63. The van der Waals surface area contributed by atoms with Gasteiger partial charge in [-0.05, 0) is 36.8 Å². The molecule has 0 saturated heterocycles. The Hall–Kier alpha value is -3.23. The summed E-state index contributed by atoms with van der Waals surface area (Å²) in [4.78, 5) is 12.0. The van der Waals surface area contributed by atoms with Gasteiger partial charge in [-0.25, -0.2) is 4.79 Å². The van der Waals surface area contributed by atoms with E-state index in [-0.39, 0.29) is 12.2 Å². The fourth-order valence-corrected chi connectivity index (χ4v) is 3.30. The van der Waals surface area contributed by atoms with Crippen molar-refractivity contribution in [2.24, 2.45) is 0 Å². The molecule has 2 aromatic carbocycles. The second-order valence-electron chi connectivity index (χ2n) is 6.05. The third kappa shape index (κ3) is 3.88. The van der Waals surface area contributed by atoms with Gasteiger partial charge >= 0.3 is 5.97 Å². The molecule has 1 aromatic heterocycles. The van der Waals surface area contributed by atoms with Crippen molar-refractivity contribution in [1.82, 2.24) is 4.57 Å². The van der Waals surface area contributed by atoms with E-state index in [4.69, 9.17) is 21.1 Å². The van der Waals surface area contributed by atoms with Gasteiger partial charge in [-0.15, -0.1) is 0 Å². The lowest BCUT2D eigenvalue weighted by Crippen LogP contribution is -2.06. The van der Waals surface area contributed by atoms with Crippen LogP contribution in [0.4, 0.5) is 0 Å². The first-order chi connectivity index (χ1) is 13.6. The number of ether oxygens (including phenoxy) is 2. The Labute approximate surface area is 168 Å². The van der Waals surface area contributed by atoms with Gasteiger partial charge in [-0.3, -0.25) is 0 Å². The van der Waals surface area contributed by atoms with Crippen LogP contribution in [0.25, 0.3) is 17.0 Å². The largest absolute Gasteiger partial charge is 0.497 e. The molecule has 28 heavy (non-hydrogen) atoms. The molecular formula is C22H19ClN2O3. The number of rotatable bonds is 6. The molecule has 0 aliphatic carbocycles. The summed E-state index contributed by atoms with van der Waals surface area (Å²) < 4.78 is 12.1. The lowest BCUT2D eigenvalue weighted by molar-refractivity contribution is -0.137. The van der Waals surface area contributed by atoms with Crippen molar-refractivity contribution < 1.29 is 14.3 Å². The topological polar surface area (TPSA) is 64.2 Å². The SMILES string of the molecule is CCOC(=O)/C(C#N)=C\c1c(Cl)n(Cc2ccc(OC)cc2)c2ccccc12. The summed E-state index contributed by atoms with van der Waals surface area (Å²) in [5.74, 6) is 0.122. The van der Waals surface area contributed by atoms with E-state index in [1.54, 1.807) is 14.0 Å². The average molecular weight is 395 g/mol. The van der Waals surface area contributed by atoms with Crippen LogP contribution < -0.4 is 4.74 Å². The normalized spacial score (nSPS) is 11.3. The summed E-state index contributed by atoms with van der Waals surface area (Å²) in [6.45, 7) is 2.43. The smallest absolute Gasteiger partial charge is 0.348 e. The number of benzene rings is 2. The fourth-order valence-electron chi connectivity index (χ4n) is 2.99. The summed E-state index contributed by atoms with van der Waals surface area (Å²) in [5.41, 5.74) is 2.49. The van der Waals surface area contributed by atoms with Crippen molar-refractivity contribution in [1.29, 1.82) is 5.26 Å². The molecule has 6 heteroatoms. The lowest BCUT2D eigenvalue weighted by atomic mass is 10.1. The zero-order valence-corrected chi connectivity index (χ0v) is 16.4. The Morgan fingerprint density at radius 2 is 1.93 bits per heavy atom. The highest BCUT2D eigenvalue weighted by Gasteiger charge is 2.17. The van der Waals surface area contributed by atoms with Gasteiger partial charge in [-0.2, -0.15) is 5.26 Å². The number of carbonyl (C=O) groups excluding carboxylic acids is 1. The molecule has 3 aromatic rings. The summed E-state index contributed by atoms with van der Waals surface area (Å²) >= 11 is 6.68. The van der Waals surface area contributed by atoms with Crippen molar-refractivity contribution in [2.45, 2.75) is 13.5 Å². The Kier molecular flexibility index (Phi) is 6.03. The predicted molar refractivity (Wildman–Crippen MR) is 109 cm³/mol. The third-order valence-electron chi connectivity index (χ3n) is 4.35. The molecule has 0 spiro atoms. The monoisotopic (exact) mass is 394 g/mol. The molecule has 0 aliphatic heterocycles. The molecule has 5 nitrogen and oxygen atoms in total. The highest BCUT2D eigenvalue weighted by Crippen LogP contribution is 2.33. The number of fused-ring (bicyclic) bond motifs is 1. The molecule has 0 saturated carbocycles. The van der Waals surface area contributed by atoms with Gasteiger partial charge in [0, 0.05) is 17.5 Å².